The van der Waals surface area contributed by atoms with Crippen molar-refractivity contribution in [2.75, 3.05) is 0 Å². The molecule has 0 spiro atoms. The molecule has 0 atom stereocenters. The molecule has 0 unspecified atom stereocenters. The largest absolute Gasteiger partial charge is 0.0543 e. The molecule has 0 N–H and O–H groups in total. The molecule has 0 radical (unpaired) electrons. The highest BCUT2D eigenvalue weighted by molar-refractivity contribution is 5.62. The van der Waals surface area contributed by atoms with Gasteiger partial charge < -0.3 is 0 Å². The molecule has 3 aliphatic rings. The Balaban J connectivity index is 2.70. The van der Waals surface area contributed by atoms with Crippen LogP contribution in [0.15, 0.2) is 35.5 Å². The Morgan fingerprint density at radius 3 is 1.50 bits per heavy atom. The zero-order valence-corrected chi connectivity index (χ0v) is 3.31. The first-order valence-electron chi connectivity index (χ1n) is 2.07. The van der Waals surface area contributed by atoms with E-state index in [0.717, 1.165) is 0 Å². The van der Waals surface area contributed by atoms with Crippen LogP contribution in [0.2, 0.25) is 0 Å². The first-order chi connectivity index (χ1) is 2.95. The van der Waals surface area contributed by atoms with E-state index in [2.05, 4.69) is 24.3 Å². The van der Waals surface area contributed by atoms with Crippen molar-refractivity contribution in [3.05, 3.63) is 35.5 Å². The third-order valence-corrected chi connectivity index (χ3v) is 1.13. The smallest absolute Gasteiger partial charge is 0.0245 e. The molecular weight excluding hydrogens is 72.1 g/mol. The average molecular weight is 76.1 g/mol. The molecule has 0 aromatic heterocycles. The van der Waals surface area contributed by atoms with Gasteiger partial charge in [0.25, 0.3) is 0 Å². The van der Waals surface area contributed by atoms with E-state index in [9.17, 15) is 0 Å². The highest BCUT2D eigenvalue weighted by atomic mass is 14.1. The van der Waals surface area contributed by atoms with E-state index in [4.69, 9.17) is 0 Å². The van der Waals surface area contributed by atoms with Gasteiger partial charge in [0, 0.05) is 0 Å². The van der Waals surface area contributed by atoms with Gasteiger partial charge in [-0.05, 0) is 23.3 Å². The van der Waals surface area contributed by atoms with Crippen molar-refractivity contribution in [1.29, 1.82) is 0 Å². The molecule has 0 amide bonds. The van der Waals surface area contributed by atoms with Crippen LogP contribution in [0.25, 0.3) is 0 Å². The second kappa shape index (κ2) is 0.515. The zero-order chi connectivity index (χ0) is 3.98. The lowest BCUT2D eigenvalue weighted by molar-refractivity contribution is 1.61. The summed E-state index contributed by atoms with van der Waals surface area (Å²) in [4.78, 5) is 0. The molecule has 3 aliphatic carbocycles. The number of hydrogen-bond acceptors (Lipinski definition) is 0. The molecule has 0 saturated carbocycles. The number of allylic oxidation sites excluding steroid dienone is 6. The highest BCUT2D eigenvalue weighted by Gasteiger charge is 2.07. The lowest BCUT2D eigenvalue weighted by Gasteiger charge is -1.94. The maximum atomic E-state index is 2.17. The van der Waals surface area contributed by atoms with E-state index in [0.29, 0.717) is 0 Å². The summed E-state index contributed by atoms with van der Waals surface area (Å²) in [7, 11) is 0. The summed E-state index contributed by atoms with van der Waals surface area (Å²) in [5, 5.41) is 0. The second-order valence-electron chi connectivity index (χ2n) is 1.62. The summed E-state index contributed by atoms with van der Waals surface area (Å²) in [6, 6.07) is 0. The van der Waals surface area contributed by atoms with Crippen LogP contribution < -0.4 is 0 Å². The minimum Gasteiger partial charge on any atom is -0.0543 e. The van der Waals surface area contributed by atoms with Gasteiger partial charge in [0.15, 0.2) is 0 Å². The lowest BCUT2D eigenvalue weighted by atomic mass is 10.1. The Kier molecular flexibility index (Phi) is 0.206. The second-order valence-corrected chi connectivity index (χ2v) is 1.62. The number of rotatable bonds is 0. The fourth-order valence-corrected chi connectivity index (χ4v) is 0.757. The van der Waals surface area contributed by atoms with E-state index < -0.39 is 0 Å². The van der Waals surface area contributed by atoms with Crippen LogP contribution in [0, 0.1) is 0 Å². The first kappa shape index (κ1) is 2.40. The van der Waals surface area contributed by atoms with Gasteiger partial charge in [-0.15, -0.1) is 0 Å². The lowest BCUT2D eigenvalue weighted by Crippen LogP contribution is -1.75. The average Bonchev–Trinajstić information content (AvgIpc) is 1.72. The van der Waals surface area contributed by atoms with Gasteiger partial charge in [-0.2, -0.15) is 0 Å². The molecule has 6 heavy (non-hydrogen) atoms. The third kappa shape index (κ3) is 0.106. The molecular formula is C6H4. The van der Waals surface area contributed by atoms with Crippen LogP contribution in [0.3, 0.4) is 0 Å². The Hall–Kier alpha value is -0.780. The summed E-state index contributed by atoms with van der Waals surface area (Å²) in [6.07, 6.45) is 8.57. The van der Waals surface area contributed by atoms with E-state index >= 15 is 0 Å². The molecule has 0 aromatic rings. The van der Waals surface area contributed by atoms with Crippen LogP contribution in [0.4, 0.5) is 0 Å². The van der Waals surface area contributed by atoms with Gasteiger partial charge in [0.05, 0.1) is 0 Å². The van der Waals surface area contributed by atoms with E-state index in [-0.39, 0.29) is 0 Å². The maximum Gasteiger partial charge on any atom is -0.0245 e. The Morgan fingerprint density at radius 1 is 0.833 bits per heavy atom. The van der Waals surface area contributed by atoms with E-state index in [1.54, 1.807) is 0 Å². The Labute approximate surface area is 36.5 Å². The van der Waals surface area contributed by atoms with Crippen molar-refractivity contribution in [2.24, 2.45) is 0 Å². The van der Waals surface area contributed by atoms with E-state index in [1.807, 2.05) is 0 Å². The minimum absolute atomic E-state index is 1.38. The van der Waals surface area contributed by atoms with Crippen molar-refractivity contribution in [2.45, 2.75) is 0 Å². The van der Waals surface area contributed by atoms with Gasteiger partial charge in [-0.25, -0.2) is 0 Å². The molecule has 0 aliphatic heterocycles. The van der Waals surface area contributed by atoms with Crippen molar-refractivity contribution in [3.63, 3.8) is 0 Å². The van der Waals surface area contributed by atoms with Crippen molar-refractivity contribution in [3.8, 4) is 0 Å². The van der Waals surface area contributed by atoms with Gasteiger partial charge in [-0.3, -0.25) is 0 Å². The normalized spacial score (nSPS) is 22.7. The van der Waals surface area contributed by atoms with Gasteiger partial charge in [0.1, 0.15) is 0 Å². The van der Waals surface area contributed by atoms with E-state index in [1.165, 1.54) is 11.1 Å². The molecule has 2 bridgehead atoms. The summed E-state index contributed by atoms with van der Waals surface area (Å²) < 4.78 is 0. The topological polar surface area (TPSA) is 0 Å². The predicted octanol–water partition coefficient (Wildman–Crippen LogP) is 1.42. The van der Waals surface area contributed by atoms with Crippen molar-refractivity contribution < 1.29 is 0 Å². The van der Waals surface area contributed by atoms with Crippen LogP contribution in [0.5, 0.6) is 0 Å². The van der Waals surface area contributed by atoms with Crippen LogP contribution in [0.1, 0.15) is 0 Å². The van der Waals surface area contributed by atoms with Crippen LogP contribution in [-0.4, -0.2) is 0 Å². The summed E-state index contributed by atoms with van der Waals surface area (Å²) in [5.74, 6) is 0. The molecule has 0 aromatic carbocycles. The van der Waals surface area contributed by atoms with Crippen molar-refractivity contribution >= 4 is 0 Å². The summed E-state index contributed by atoms with van der Waals surface area (Å²) in [6.45, 7) is 0. The monoisotopic (exact) mass is 76.0 g/mol. The van der Waals surface area contributed by atoms with Gasteiger partial charge in [0.2, 0.25) is 0 Å². The molecule has 0 saturated heterocycles. The first-order valence-corrected chi connectivity index (χ1v) is 2.07. The highest BCUT2D eigenvalue weighted by Crippen LogP contribution is 2.26. The number of hydrogen-bond donors (Lipinski definition) is 0. The molecule has 0 fully saturated rings. The van der Waals surface area contributed by atoms with Gasteiger partial charge >= 0.3 is 0 Å². The standard InChI is InChI=1S/C6H4/c1-2-6-3-5(1)4-6/h1-4H. The predicted molar refractivity (Wildman–Crippen MR) is 25.3 cm³/mol. The zero-order valence-electron chi connectivity index (χ0n) is 3.31. The Morgan fingerprint density at radius 2 is 1.33 bits per heavy atom. The molecule has 28 valence electrons. The van der Waals surface area contributed by atoms with Crippen LogP contribution >= 0.6 is 0 Å². The van der Waals surface area contributed by atoms with Gasteiger partial charge in [-0.1, -0.05) is 12.2 Å². The molecule has 0 heterocycles. The molecule has 3 rings (SSSR count). The fourth-order valence-electron chi connectivity index (χ4n) is 0.757. The SMILES string of the molecule is C1=CC2=CC1=C2. The molecule has 0 heteroatoms. The summed E-state index contributed by atoms with van der Waals surface area (Å²) in [5.41, 5.74) is 2.76. The summed E-state index contributed by atoms with van der Waals surface area (Å²) >= 11 is 0. The minimum atomic E-state index is 1.38. The van der Waals surface area contributed by atoms with Crippen LogP contribution in [-0.2, 0) is 0 Å². The quantitative estimate of drug-likeness (QED) is 0.409. The third-order valence-electron chi connectivity index (χ3n) is 1.13. The molecule has 0 nitrogen and oxygen atoms in total. The van der Waals surface area contributed by atoms with Crippen molar-refractivity contribution in [1.82, 2.24) is 0 Å². The maximum absolute atomic E-state index is 2.17. The Bertz CT molecular complexity index is 133. The fraction of sp³-hybridized carbons (Fsp3) is 0.